The van der Waals surface area contributed by atoms with Crippen molar-refractivity contribution in [3.63, 3.8) is 0 Å². The van der Waals surface area contributed by atoms with Crippen LogP contribution >= 0.6 is 0 Å². The number of amides is 2. The summed E-state index contributed by atoms with van der Waals surface area (Å²) < 4.78 is 60.6. The first-order chi connectivity index (χ1) is 18.5. The van der Waals surface area contributed by atoms with E-state index in [0.29, 0.717) is 13.0 Å². The fourth-order valence-electron chi connectivity index (χ4n) is 5.81. The molecule has 1 aromatic rings. The maximum Gasteiger partial charge on any atom is 0.417 e. The van der Waals surface area contributed by atoms with Gasteiger partial charge in [0.05, 0.1) is 23.4 Å². The number of nitrogens with two attached hydrogens (primary N) is 1. The average Bonchev–Trinajstić information content (AvgIpc) is 2.90. The van der Waals surface area contributed by atoms with Gasteiger partial charge in [-0.15, -0.1) is 0 Å². The predicted molar refractivity (Wildman–Crippen MR) is 140 cm³/mol. The van der Waals surface area contributed by atoms with E-state index in [1.807, 2.05) is 13.8 Å². The molecule has 0 radical (unpaired) electrons. The minimum atomic E-state index is -4.82. The van der Waals surface area contributed by atoms with Crippen LogP contribution in [-0.2, 0) is 20.4 Å². The number of alkyl halides is 3. The molecule has 2 heterocycles. The fourth-order valence-corrected chi connectivity index (χ4v) is 5.81. The van der Waals surface area contributed by atoms with Crippen LogP contribution in [0.2, 0.25) is 0 Å². The Morgan fingerprint density at radius 2 is 1.87 bits per heavy atom. The number of ether oxygens (including phenoxy) is 3. The van der Waals surface area contributed by atoms with E-state index < -0.39 is 41.0 Å². The van der Waals surface area contributed by atoms with Crippen molar-refractivity contribution in [3.05, 3.63) is 23.3 Å². The molecule has 218 valence electrons. The largest absolute Gasteiger partial charge is 0.473 e. The van der Waals surface area contributed by atoms with Crippen molar-refractivity contribution in [1.82, 2.24) is 4.90 Å². The summed E-state index contributed by atoms with van der Waals surface area (Å²) in [6, 6.07) is 1.56. The average molecular weight is 556 g/mol. The van der Waals surface area contributed by atoms with Crippen LogP contribution in [0.1, 0.15) is 88.1 Å². The molecular weight excluding hydrogens is 515 g/mol. The zero-order valence-electron chi connectivity index (χ0n) is 23.0. The Morgan fingerprint density at radius 3 is 2.46 bits per heavy atom. The van der Waals surface area contributed by atoms with Crippen molar-refractivity contribution in [2.75, 3.05) is 31.2 Å². The summed E-state index contributed by atoms with van der Waals surface area (Å²) in [6.45, 7) is 5.55. The van der Waals surface area contributed by atoms with E-state index in [0.717, 1.165) is 57.1 Å². The molecule has 1 aromatic carbocycles. The van der Waals surface area contributed by atoms with Gasteiger partial charge in [-0.05, 0) is 65.0 Å². The van der Waals surface area contributed by atoms with Gasteiger partial charge in [0.2, 0.25) is 5.60 Å². The molecule has 3 aliphatic rings. The lowest BCUT2D eigenvalue weighted by molar-refractivity contribution is -0.188. The third kappa shape index (κ3) is 6.36. The highest BCUT2D eigenvalue weighted by Gasteiger charge is 2.48. The molecule has 4 rings (SSSR count). The second-order valence-electron chi connectivity index (χ2n) is 11.1. The number of halogens is 3. The van der Waals surface area contributed by atoms with Gasteiger partial charge in [0.25, 0.3) is 11.8 Å². The minimum Gasteiger partial charge on any atom is -0.473 e. The molecule has 2 aliphatic heterocycles. The molecule has 8 nitrogen and oxygen atoms in total. The number of anilines is 1. The lowest BCUT2D eigenvalue weighted by atomic mass is 9.92. The van der Waals surface area contributed by atoms with Crippen molar-refractivity contribution >= 4 is 17.5 Å². The highest BCUT2D eigenvalue weighted by atomic mass is 19.4. The van der Waals surface area contributed by atoms with Gasteiger partial charge in [-0.1, -0.05) is 19.3 Å². The number of nitrogens with zero attached hydrogens (tertiary/aromatic N) is 2. The summed E-state index contributed by atoms with van der Waals surface area (Å²) in [7, 11) is 0. The van der Waals surface area contributed by atoms with E-state index >= 15 is 0 Å². The van der Waals surface area contributed by atoms with Gasteiger partial charge < -0.3 is 29.7 Å². The van der Waals surface area contributed by atoms with E-state index in [4.69, 9.17) is 19.9 Å². The summed E-state index contributed by atoms with van der Waals surface area (Å²) in [6.07, 6.45) is 1.56. The molecule has 2 N–H and O–H groups in total. The molecule has 1 saturated heterocycles. The number of carbonyl (C=O) groups is 2. The number of hydrogen-bond donors (Lipinski definition) is 1. The van der Waals surface area contributed by atoms with Crippen LogP contribution < -0.4 is 15.4 Å². The Kier molecular flexibility index (Phi) is 9.12. The van der Waals surface area contributed by atoms with Gasteiger partial charge >= 0.3 is 6.18 Å². The van der Waals surface area contributed by atoms with Gasteiger partial charge in [-0.2, -0.15) is 13.2 Å². The number of carbonyl (C=O) groups excluding carboxylic acids is 2. The number of rotatable bonds is 8. The van der Waals surface area contributed by atoms with Crippen molar-refractivity contribution < 1.29 is 37.0 Å². The van der Waals surface area contributed by atoms with Crippen molar-refractivity contribution in [3.8, 4) is 5.75 Å². The van der Waals surface area contributed by atoms with E-state index in [9.17, 15) is 22.8 Å². The molecular formula is C28H40F3N3O5. The van der Waals surface area contributed by atoms with E-state index in [1.54, 1.807) is 4.90 Å². The first kappa shape index (κ1) is 29.6. The van der Waals surface area contributed by atoms with Gasteiger partial charge in [-0.25, -0.2) is 0 Å². The van der Waals surface area contributed by atoms with Gasteiger partial charge in [0.1, 0.15) is 5.75 Å². The van der Waals surface area contributed by atoms with Crippen molar-refractivity contribution in [2.45, 2.75) is 102 Å². The molecule has 2 amide bonds. The molecule has 2 atom stereocenters. The Hall–Kier alpha value is -2.37. The molecule has 0 bridgehead atoms. The summed E-state index contributed by atoms with van der Waals surface area (Å²) in [5.41, 5.74) is 2.72. The fraction of sp³-hybridized carbons (Fsp3) is 0.714. The SMILES string of the molecule is CC(C)N(C(=O)c1cc2c(cc1C(F)(F)F)OC(C)(COC1CCCCO1)C(=O)N2CCN)C1CCCCC1. The summed E-state index contributed by atoms with van der Waals surface area (Å²) in [5.74, 6) is -1.34. The van der Waals surface area contributed by atoms with Crippen LogP contribution in [0, 0.1) is 0 Å². The minimum absolute atomic E-state index is 0.0419. The third-order valence-electron chi connectivity index (χ3n) is 7.75. The topological polar surface area (TPSA) is 94.3 Å². The summed E-state index contributed by atoms with van der Waals surface area (Å²) in [4.78, 5) is 30.3. The van der Waals surface area contributed by atoms with Gasteiger partial charge in [0.15, 0.2) is 6.29 Å². The molecule has 0 aromatic heterocycles. The lowest BCUT2D eigenvalue weighted by Crippen LogP contribution is -2.58. The van der Waals surface area contributed by atoms with Gasteiger partial charge in [0, 0.05) is 31.8 Å². The van der Waals surface area contributed by atoms with E-state index in [-0.39, 0.29) is 43.2 Å². The van der Waals surface area contributed by atoms with Crippen molar-refractivity contribution in [2.24, 2.45) is 5.73 Å². The van der Waals surface area contributed by atoms with Gasteiger partial charge in [-0.3, -0.25) is 9.59 Å². The standard InChI is InChI=1S/C28H40F3N3O5/c1-18(2)34(19-9-5-4-6-10-19)25(35)20-15-22-23(16-21(20)28(29,30)31)39-27(3,26(36)33(22)13-12-32)17-38-24-11-7-8-14-37-24/h15-16,18-19,24H,4-14,17,32H2,1-3H3. The third-order valence-corrected chi connectivity index (χ3v) is 7.75. The van der Waals surface area contributed by atoms with E-state index in [2.05, 4.69) is 0 Å². The van der Waals surface area contributed by atoms with Crippen LogP contribution in [-0.4, -0.2) is 67.0 Å². The highest BCUT2D eigenvalue weighted by Crippen LogP contribution is 2.45. The van der Waals surface area contributed by atoms with Crippen LogP contribution in [0.4, 0.5) is 18.9 Å². The van der Waals surface area contributed by atoms with Crippen molar-refractivity contribution in [1.29, 1.82) is 0 Å². The Balaban J connectivity index is 1.73. The first-order valence-electron chi connectivity index (χ1n) is 14.0. The van der Waals surface area contributed by atoms with Crippen LogP contribution in [0.3, 0.4) is 0 Å². The molecule has 0 spiro atoms. The molecule has 39 heavy (non-hydrogen) atoms. The van der Waals surface area contributed by atoms with Crippen LogP contribution in [0.25, 0.3) is 0 Å². The van der Waals surface area contributed by atoms with Crippen LogP contribution in [0.5, 0.6) is 5.75 Å². The zero-order valence-corrected chi connectivity index (χ0v) is 23.0. The van der Waals surface area contributed by atoms with E-state index in [1.165, 1.54) is 11.8 Å². The Morgan fingerprint density at radius 1 is 1.18 bits per heavy atom. The number of hydrogen-bond acceptors (Lipinski definition) is 6. The number of fused-ring (bicyclic) bond motifs is 1. The first-order valence-corrected chi connectivity index (χ1v) is 14.0. The maximum absolute atomic E-state index is 14.4. The molecule has 2 fully saturated rings. The summed E-state index contributed by atoms with van der Waals surface area (Å²) >= 11 is 0. The second kappa shape index (κ2) is 12.0. The molecule has 1 aliphatic carbocycles. The molecule has 11 heteroatoms. The lowest BCUT2D eigenvalue weighted by Gasteiger charge is -2.42. The molecule has 2 unspecified atom stereocenters. The Bertz CT molecular complexity index is 1040. The number of benzene rings is 1. The smallest absolute Gasteiger partial charge is 0.417 e. The second-order valence-corrected chi connectivity index (χ2v) is 11.1. The maximum atomic E-state index is 14.4. The Labute approximate surface area is 227 Å². The molecule has 1 saturated carbocycles. The predicted octanol–water partition coefficient (Wildman–Crippen LogP) is 4.87. The quantitative estimate of drug-likeness (QED) is 0.492. The zero-order chi connectivity index (χ0) is 28.4. The van der Waals surface area contributed by atoms with Crippen LogP contribution in [0.15, 0.2) is 12.1 Å². The highest BCUT2D eigenvalue weighted by molar-refractivity contribution is 6.05. The normalized spacial score (nSPS) is 24.5. The summed E-state index contributed by atoms with van der Waals surface area (Å²) in [5, 5.41) is 0. The monoisotopic (exact) mass is 555 g/mol.